The van der Waals surface area contributed by atoms with E-state index in [4.69, 9.17) is 0 Å². The van der Waals surface area contributed by atoms with E-state index in [-0.39, 0.29) is 34.6 Å². The van der Waals surface area contributed by atoms with Gasteiger partial charge in [0.15, 0.2) is 5.78 Å². The first-order chi connectivity index (χ1) is 11.6. The molecule has 0 amide bonds. The zero-order valence-electron chi connectivity index (χ0n) is 15.2. The Morgan fingerprint density at radius 2 is 1.52 bits per heavy atom. The summed E-state index contributed by atoms with van der Waals surface area (Å²) in [4.78, 5) is 23.5. The van der Waals surface area contributed by atoms with E-state index in [0.29, 0.717) is 22.3 Å². The van der Waals surface area contributed by atoms with Crippen LogP contribution in [0.2, 0.25) is 0 Å². The molecule has 5 nitrogen and oxygen atoms in total. The lowest BCUT2D eigenvalue weighted by Crippen LogP contribution is -2.06. The normalized spacial score (nSPS) is 11.2. The first-order valence-electron chi connectivity index (χ1n) is 8.30. The highest BCUT2D eigenvalue weighted by atomic mass is 16.6. The minimum atomic E-state index is -0.484. The molecule has 0 bridgehead atoms. The molecule has 0 aliphatic heterocycles. The number of rotatable bonds is 5. The van der Waals surface area contributed by atoms with Crippen molar-refractivity contribution >= 4 is 11.5 Å². The Morgan fingerprint density at radius 1 is 1.00 bits per heavy atom. The fourth-order valence-corrected chi connectivity index (χ4v) is 2.81. The summed E-state index contributed by atoms with van der Waals surface area (Å²) in [6.45, 7) is 9.43. The molecule has 132 valence electrons. The molecule has 0 heterocycles. The second-order valence-electron chi connectivity index (χ2n) is 6.90. The summed E-state index contributed by atoms with van der Waals surface area (Å²) in [5.41, 5.74) is 2.55. The van der Waals surface area contributed by atoms with Crippen LogP contribution in [0.15, 0.2) is 30.3 Å². The predicted octanol–water partition coefficient (Wildman–Crippen LogP) is 5.09. The van der Waals surface area contributed by atoms with Gasteiger partial charge < -0.3 is 5.11 Å². The van der Waals surface area contributed by atoms with Gasteiger partial charge >= 0.3 is 0 Å². The third kappa shape index (κ3) is 3.71. The Hall–Kier alpha value is -2.69. The number of aromatic hydroxyl groups is 1. The number of aryl methyl sites for hydroxylation is 1. The van der Waals surface area contributed by atoms with Crippen LogP contribution >= 0.6 is 0 Å². The van der Waals surface area contributed by atoms with Crippen LogP contribution in [0.5, 0.6) is 5.75 Å². The molecule has 0 fully saturated rings. The van der Waals surface area contributed by atoms with Gasteiger partial charge in [-0.2, -0.15) is 0 Å². The summed E-state index contributed by atoms with van der Waals surface area (Å²) in [7, 11) is 0. The smallest absolute Gasteiger partial charge is 0.273 e. The van der Waals surface area contributed by atoms with Crippen molar-refractivity contribution in [1.29, 1.82) is 0 Å². The maximum atomic E-state index is 12.9. The fourth-order valence-electron chi connectivity index (χ4n) is 2.81. The van der Waals surface area contributed by atoms with Crippen molar-refractivity contribution in [3.63, 3.8) is 0 Å². The van der Waals surface area contributed by atoms with Crippen molar-refractivity contribution in [1.82, 2.24) is 0 Å². The van der Waals surface area contributed by atoms with Gasteiger partial charge in [0.1, 0.15) is 5.75 Å². The van der Waals surface area contributed by atoms with E-state index < -0.39 is 4.92 Å². The molecular formula is C20H23NO4. The number of hydrogen-bond donors (Lipinski definition) is 1. The zero-order chi connectivity index (χ0) is 18.9. The third-order valence-corrected chi connectivity index (χ3v) is 4.34. The average Bonchev–Trinajstić information content (AvgIpc) is 2.54. The van der Waals surface area contributed by atoms with E-state index in [1.54, 1.807) is 31.2 Å². The predicted molar refractivity (Wildman–Crippen MR) is 97.6 cm³/mol. The molecule has 0 saturated heterocycles. The molecule has 0 saturated carbocycles. The number of nitro groups is 1. The van der Waals surface area contributed by atoms with Gasteiger partial charge in [0, 0.05) is 22.8 Å². The highest BCUT2D eigenvalue weighted by Gasteiger charge is 2.21. The molecule has 1 N–H and O–H groups in total. The summed E-state index contributed by atoms with van der Waals surface area (Å²) >= 11 is 0. The highest BCUT2D eigenvalue weighted by Crippen LogP contribution is 2.35. The van der Waals surface area contributed by atoms with Gasteiger partial charge in [0.05, 0.1) is 4.92 Å². The molecule has 2 rings (SSSR count). The second kappa shape index (κ2) is 7.05. The van der Waals surface area contributed by atoms with E-state index in [1.807, 2.05) is 27.7 Å². The van der Waals surface area contributed by atoms with Gasteiger partial charge in [-0.1, -0.05) is 39.8 Å². The minimum Gasteiger partial charge on any atom is -0.507 e. The van der Waals surface area contributed by atoms with E-state index in [1.165, 1.54) is 6.07 Å². The largest absolute Gasteiger partial charge is 0.507 e. The van der Waals surface area contributed by atoms with Crippen LogP contribution < -0.4 is 0 Å². The van der Waals surface area contributed by atoms with Gasteiger partial charge in [-0.25, -0.2) is 0 Å². The molecular weight excluding hydrogens is 318 g/mol. The van der Waals surface area contributed by atoms with Crippen molar-refractivity contribution in [3.8, 4) is 5.75 Å². The summed E-state index contributed by atoms with van der Waals surface area (Å²) in [6, 6.07) is 7.86. The molecule has 5 heteroatoms. The van der Waals surface area contributed by atoms with Crippen molar-refractivity contribution in [2.24, 2.45) is 0 Å². The third-order valence-electron chi connectivity index (χ3n) is 4.34. The lowest BCUT2D eigenvalue weighted by Gasteiger charge is -2.17. The maximum Gasteiger partial charge on any atom is 0.273 e. The fraction of sp³-hybridized carbons (Fsp3) is 0.350. The number of ketones is 1. The van der Waals surface area contributed by atoms with Crippen LogP contribution in [0.3, 0.4) is 0 Å². The molecule has 0 aliphatic rings. The Kier molecular flexibility index (Phi) is 5.26. The average molecular weight is 341 g/mol. The quantitative estimate of drug-likeness (QED) is 0.467. The standard InChI is InChI=1S/C20H23NO4/c1-11(2)16-8-15(9-17(12(3)4)20(16)23)19(22)14-7-6-13(5)18(10-14)21(24)25/h6-12,23H,1-5H3. The second-order valence-corrected chi connectivity index (χ2v) is 6.90. The van der Waals surface area contributed by atoms with Crippen LogP contribution in [0, 0.1) is 17.0 Å². The molecule has 0 spiro atoms. The first-order valence-corrected chi connectivity index (χ1v) is 8.30. The molecule has 0 atom stereocenters. The van der Waals surface area contributed by atoms with Gasteiger partial charge in [-0.3, -0.25) is 14.9 Å². The summed E-state index contributed by atoms with van der Waals surface area (Å²) in [5, 5.41) is 21.6. The number of hydrogen-bond acceptors (Lipinski definition) is 4. The lowest BCUT2D eigenvalue weighted by molar-refractivity contribution is -0.385. The molecule has 2 aromatic carbocycles. The van der Waals surface area contributed by atoms with Crippen molar-refractivity contribution in [3.05, 3.63) is 68.3 Å². The molecule has 2 aromatic rings. The van der Waals surface area contributed by atoms with Crippen LogP contribution in [0.1, 0.15) is 72.1 Å². The van der Waals surface area contributed by atoms with Crippen LogP contribution in [-0.2, 0) is 0 Å². The number of nitrogens with zero attached hydrogens (tertiary/aromatic N) is 1. The molecule has 25 heavy (non-hydrogen) atoms. The maximum absolute atomic E-state index is 12.9. The lowest BCUT2D eigenvalue weighted by atomic mass is 9.89. The van der Waals surface area contributed by atoms with E-state index in [9.17, 15) is 20.0 Å². The van der Waals surface area contributed by atoms with Gasteiger partial charge in [-0.15, -0.1) is 0 Å². The topological polar surface area (TPSA) is 80.4 Å². The van der Waals surface area contributed by atoms with Crippen LogP contribution in [0.25, 0.3) is 0 Å². The number of phenolic OH excluding ortho intramolecular Hbond substituents is 1. The van der Waals surface area contributed by atoms with E-state index >= 15 is 0 Å². The monoisotopic (exact) mass is 341 g/mol. The van der Waals surface area contributed by atoms with Crippen molar-refractivity contribution in [2.75, 3.05) is 0 Å². The number of benzene rings is 2. The summed E-state index contributed by atoms with van der Waals surface area (Å²) in [6.07, 6.45) is 0. The van der Waals surface area contributed by atoms with Gasteiger partial charge in [-0.05, 0) is 42.0 Å². The van der Waals surface area contributed by atoms with Gasteiger partial charge in [0.2, 0.25) is 0 Å². The number of nitro benzene ring substituents is 1. The summed E-state index contributed by atoms with van der Waals surface area (Å²) < 4.78 is 0. The Balaban J connectivity index is 2.60. The van der Waals surface area contributed by atoms with Gasteiger partial charge in [0.25, 0.3) is 5.69 Å². The minimum absolute atomic E-state index is 0.0533. The van der Waals surface area contributed by atoms with Crippen molar-refractivity contribution in [2.45, 2.75) is 46.5 Å². The SMILES string of the molecule is Cc1ccc(C(=O)c2cc(C(C)C)c(O)c(C(C)C)c2)cc1[N+](=O)[O-]. The number of carbonyl (C=O) groups is 1. The number of phenols is 1. The summed E-state index contributed by atoms with van der Waals surface area (Å²) in [5.74, 6) is 0.0403. The molecule has 0 aliphatic carbocycles. The molecule has 0 radical (unpaired) electrons. The Bertz CT molecular complexity index is 809. The van der Waals surface area contributed by atoms with Crippen LogP contribution in [-0.4, -0.2) is 15.8 Å². The highest BCUT2D eigenvalue weighted by molar-refractivity contribution is 6.09. The van der Waals surface area contributed by atoms with Crippen LogP contribution in [0.4, 0.5) is 5.69 Å². The molecule has 0 aromatic heterocycles. The zero-order valence-corrected chi connectivity index (χ0v) is 15.2. The van der Waals surface area contributed by atoms with E-state index in [2.05, 4.69) is 0 Å². The first kappa shape index (κ1) is 18.6. The Morgan fingerprint density at radius 3 is 1.96 bits per heavy atom. The van der Waals surface area contributed by atoms with E-state index in [0.717, 1.165) is 0 Å². The van der Waals surface area contributed by atoms with Crippen molar-refractivity contribution < 1.29 is 14.8 Å². The number of carbonyl (C=O) groups excluding carboxylic acids is 1. The Labute approximate surface area is 147 Å². The molecule has 0 unspecified atom stereocenters.